The highest BCUT2D eigenvalue weighted by molar-refractivity contribution is 5.94. The van der Waals surface area contributed by atoms with Crippen molar-refractivity contribution in [2.24, 2.45) is 5.92 Å². The van der Waals surface area contributed by atoms with Crippen LogP contribution in [0.2, 0.25) is 0 Å². The van der Waals surface area contributed by atoms with Crippen LogP contribution in [0.4, 0.5) is 11.4 Å². The number of para-hydroxylation sites is 1. The van der Waals surface area contributed by atoms with Crippen LogP contribution in [0.25, 0.3) is 0 Å². The highest BCUT2D eigenvalue weighted by Gasteiger charge is 2.42. The van der Waals surface area contributed by atoms with Crippen LogP contribution in [0.5, 0.6) is 5.75 Å². The topological polar surface area (TPSA) is 44.8 Å². The second-order valence-corrected chi connectivity index (χ2v) is 8.85. The van der Waals surface area contributed by atoms with Gasteiger partial charge in [-0.2, -0.15) is 0 Å². The second-order valence-electron chi connectivity index (χ2n) is 8.85. The molecule has 0 bridgehead atoms. The standard InChI is InChI=1S/C25H31N3O2/c1-30-21-11-6-8-19(16-21)26-25(29)22-15-18-7-2-5-12-23(18)28-14-13-27(17-24(22)28)20-9-3-4-10-20/h2,5-8,11-12,16,20,22,24H,3-4,9-10,13-15,17H2,1H3,(H,26,29)/t22-,24-/m0/s1. The van der Waals surface area contributed by atoms with Gasteiger partial charge < -0.3 is 15.0 Å². The summed E-state index contributed by atoms with van der Waals surface area (Å²) < 4.78 is 5.32. The highest BCUT2D eigenvalue weighted by atomic mass is 16.5. The lowest BCUT2D eigenvalue weighted by atomic mass is 9.83. The molecule has 5 rings (SSSR count). The van der Waals surface area contributed by atoms with Crippen molar-refractivity contribution < 1.29 is 9.53 Å². The van der Waals surface area contributed by atoms with Crippen LogP contribution < -0.4 is 15.0 Å². The lowest BCUT2D eigenvalue weighted by Crippen LogP contribution is -2.61. The Morgan fingerprint density at radius 2 is 1.90 bits per heavy atom. The summed E-state index contributed by atoms with van der Waals surface area (Å²) in [6.45, 7) is 3.08. The second kappa shape index (κ2) is 8.31. The zero-order valence-corrected chi connectivity index (χ0v) is 17.7. The molecule has 2 aromatic carbocycles. The molecule has 5 nitrogen and oxygen atoms in total. The molecule has 2 atom stereocenters. The fourth-order valence-corrected chi connectivity index (χ4v) is 5.62. The molecular formula is C25H31N3O2. The van der Waals surface area contributed by atoms with Gasteiger partial charge in [0.15, 0.2) is 0 Å². The number of nitrogens with one attached hydrogen (secondary N) is 1. The molecule has 1 saturated heterocycles. The average molecular weight is 406 g/mol. The number of nitrogens with zero attached hydrogens (tertiary/aromatic N) is 2. The number of fused-ring (bicyclic) bond motifs is 3. The molecule has 3 aliphatic rings. The Labute approximate surface area is 179 Å². The number of anilines is 2. The van der Waals surface area contributed by atoms with E-state index in [9.17, 15) is 4.79 Å². The van der Waals surface area contributed by atoms with E-state index < -0.39 is 0 Å². The van der Waals surface area contributed by atoms with Gasteiger partial charge in [-0.3, -0.25) is 9.69 Å². The van der Waals surface area contributed by atoms with E-state index in [2.05, 4.69) is 39.4 Å². The quantitative estimate of drug-likeness (QED) is 0.837. The van der Waals surface area contributed by atoms with Crippen molar-refractivity contribution in [1.29, 1.82) is 0 Å². The third kappa shape index (κ3) is 3.67. The van der Waals surface area contributed by atoms with E-state index in [1.807, 2.05) is 24.3 Å². The molecule has 1 N–H and O–H groups in total. The predicted molar refractivity (Wildman–Crippen MR) is 120 cm³/mol. The predicted octanol–water partition coefficient (Wildman–Crippen LogP) is 3.94. The van der Waals surface area contributed by atoms with Crippen LogP contribution in [0.15, 0.2) is 48.5 Å². The summed E-state index contributed by atoms with van der Waals surface area (Å²) in [7, 11) is 1.65. The fourth-order valence-electron chi connectivity index (χ4n) is 5.62. The summed E-state index contributed by atoms with van der Waals surface area (Å²) in [5.41, 5.74) is 3.40. The molecule has 30 heavy (non-hydrogen) atoms. The maximum absolute atomic E-state index is 13.5. The first-order chi connectivity index (χ1) is 14.7. The molecule has 5 heteroatoms. The molecule has 158 valence electrons. The maximum Gasteiger partial charge on any atom is 0.229 e. The van der Waals surface area contributed by atoms with E-state index in [0.29, 0.717) is 6.04 Å². The first-order valence-corrected chi connectivity index (χ1v) is 11.3. The minimum Gasteiger partial charge on any atom is -0.497 e. The normalized spacial score (nSPS) is 24.2. The van der Waals surface area contributed by atoms with Gasteiger partial charge >= 0.3 is 0 Å². The van der Waals surface area contributed by atoms with Crippen LogP contribution in [-0.4, -0.2) is 49.6 Å². The van der Waals surface area contributed by atoms with E-state index in [1.165, 1.54) is 36.9 Å². The van der Waals surface area contributed by atoms with E-state index >= 15 is 0 Å². The number of carbonyl (C=O) groups excluding carboxylic acids is 1. The molecule has 1 amide bonds. The number of ether oxygens (including phenoxy) is 1. The molecule has 0 radical (unpaired) electrons. The van der Waals surface area contributed by atoms with Gasteiger partial charge in [0.2, 0.25) is 5.91 Å². The van der Waals surface area contributed by atoms with Gasteiger partial charge in [0.05, 0.1) is 19.1 Å². The van der Waals surface area contributed by atoms with Crippen LogP contribution in [-0.2, 0) is 11.2 Å². The van der Waals surface area contributed by atoms with Gasteiger partial charge in [0.25, 0.3) is 0 Å². The Kier molecular flexibility index (Phi) is 5.38. The summed E-state index contributed by atoms with van der Waals surface area (Å²) in [5, 5.41) is 3.17. The Balaban J connectivity index is 1.41. The van der Waals surface area contributed by atoms with Crippen LogP contribution in [0.3, 0.4) is 0 Å². The average Bonchev–Trinajstić information content (AvgIpc) is 3.33. The van der Waals surface area contributed by atoms with Gasteiger partial charge in [-0.05, 0) is 43.0 Å². The Morgan fingerprint density at radius 1 is 1.07 bits per heavy atom. The highest BCUT2D eigenvalue weighted by Crippen LogP contribution is 2.38. The van der Waals surface area contributed by atoms with Crippen molar-refractivity contribution in [2.75, 3.05) is 37.0 Å². The molecule has 2 fully saturated rings. The SMILES string of the molecule is COc1cccc(NC(=O)[C@H]2Cc3ccccc3N3CCN(C4CCCC4)C[C@@H]23)c1. The van der Waals surface area contributed by atoms with E-state index in [-0.39, 0.29) is 17.9 Å². The zero-order chi connectivity index (χ0) is 20.5. The van der Waals surface area contributed by atoms with Gasteiger partial charge in [-0.1, -0.05) is 37.1 Å². The number of carbonyl (C=O) groups is 1. The van der Waals surface area contributed by atoms with Gasteiger partial charge in [-0.25, -0.2) is 0 Å². The molecular weight excluding hydrogens is 374 g/mol. The number of amides is 1. The van der Waals surface area contributed by atoms with E-state index in [4.69, 9.17) is 4.74 Å². The van der Waals surface area contributed by atoms with Crippen molar-refractivity contribution in [2.45, 2.75) is 44.2 Å². The summed E-state index contributed by atoms with van der Waals surface area (Å²) >= 11 is 0. The molecule has 1 saturated carbocycles. The number of benzene rings is 2. The third-order valence-electron chi connectivity index (χ3n) is 7.17. The van der Waals surface area contributed by atoms with Gasteiger partial charge in [0, 0.05) is 43.1 Å². The lowest BCUT2D eigenvalue weighted by Gasteiger charge is -2.50. The minimum atomic E-state index is -0.0599. The number of methoxy groups -OCH3 is 1. The number of hydrogen-bond donors (Lipinski definition) is 1. The maximum atomic E-state index is 13.5. The van der Waals surface area contributed by atoms with Crippen LogP contribution in [0.1, 0.15) is 31.2 Å². The summed E-state index contributed by atoms with van der Waals surface area (Å²) in [6.07, 6.45) is 6.11. The molecule has 0 spiro atoms. The summed E-state index contributed by atoms with van der Waals surface area (Å²) in [5.74, 6) is 0.810. The summed E-state index contributed by atoms with van der Waals surface area (Å²) in [6, 6.07) is 17.2. The first kappa shape index (κ1) is 19.4. The summed E-state index contributed by atoms with van der Waals surface area (Å²) in [4.78, 5) is 18.6. The molecule has 2 aliphatic heterocycles. The third-order valence-corrected chi connectivity index (χ3v) is 7.17. The van der Waals surface area contributed by atoms with Crippen LogP contribution >= 0.6 is 0 Å². The molecule has 2 heterocycles. The zero-order valence-electron chi connectivity index (χ0n) is 17.7. The molecule has 1 aliphatic carbocycles. The first-order valence-electron chi connectivity index (χ1n) is 11.3. The number of hydrogen-bond acceptors (Lipinski definition) is 4. The molecule has 0 unspecified atom stereocenters. The monoisotopic (exact) mass is 405 g/mol. The Bertz CT molecular complexity index is 909. The Hall–Kier alpha value is -2.53. The van der Waals surface area contributed by atoms with E-state index in [0.717, 1.165) is 37.5 Å². The van der Waals surface area contributed by atoms with E-state index in [1.54, 1.807) is 7.11 Å². The van der Waals surface area contributed by atoms with Crippen molar-refractivity contribution in [3.63, 3.8) is 0 Å². The number of piperazine rings is 1. The number of rotatable bonds is 4. The van der Waals surface area contributed by atoms with Crippen molar-refractivity contribution >= 4 is 17.3 Å². The molecule has 2 aromatic rings. The van der Waals surface area contributed by atoms with Crippen LogP contribution in [0, 0.1) is 5.92 Å². The van der Waals surface area contributed by atoms with Gasteiger partial charge in [-0.15, -0.1) is 0 Å². The molecule has 0 aromatic heterocycles. The smallest absolute Gasteiger partial charge is 0.229 e. The van der Waals surface area contributed by atoms with Crippen molar-refractivity contribution in [3.05, 3.63) is 54.1 Å². The minimum absolute atomic E-state index is 0.0599. The largest absolute Gasteiger partial charge is 0.497 e. The van der Waals surface area contributed by atoms with Crippen molar-refractivity contribution in [1.82, 2.24) is 4.90 Å². The Morgan fingerprint density at radius 3 is 2.73 bits per heavy atom. The lowest BCUT2D eigenvalue weighted by molar-refractivity contribution is -0.121. The fraction of sp³-hybridized carbons (Fsp3) is 0.480. The van der Waals surface area contributed by atoms with Gasteiger partial charge in [0.1, 0.15) is 5.75 Å². The van der Waals surface area contributed by atoms with Crippen molar-refractivity contribution in [3.8, 4) is 5.75 Å².